The lowest BCUT2D eigenvalue weighted by Crippen LogP contribution is -2.70. The van der Waals surface area contributed by atoms with Crippen LogP contribution in [-0.4, -0.2) is 63.7 Å². The average molecular weight is 443 g/mol. The van der Waals surface area contributed by atoms with Crippen molar-refractivity contribution in [1.82, 2.24) is 0 Å². The van der Waals surface area contributed by atoms with E-state index in [2.05, 4.69) is 0 Å². The van der Waals surface area contributed by atoms with Crippen LogP contribution in [0.5, 0.6) is 0 Å². The van der Waals surface area contributed by atoms with Gasteiger partial charge in [0.05, 0.1) is 35.8 Å². The van der Waals surface area contributed by atoms with Crippen LogP contribution in [0.25, 0.3) is 0 Å². The van der Waals surface area contributed by atoms with Gasteiger partial charge in [-0.25, -0.2) is 9.59 Å². The van der Waals surface area contributed by atoms with Gasteiger partial charge in [-0.05, 0) is 12.8 Å². The van der Waals surface area contributed by atoms with Gasteiger partial charge in [0.2, 0.25) is 8.16 Å². The fraction of sp³-hybridized carbons (Fsp3) is 0.875. The van der Waals surface area contributed by atoms with Crippen LogP contribution >= 0.6 is 23.5 Å². The van der Waals surface area contributed by atoms with Gasteiger partial charge in [0.15, 0.2) is 0 Å². The molecule has 0 aromatic heterocycles. The van der Waals surface area contributed by atoms with Crippen molar-refractivity contribution < 1.29 is 27.5 Å². The third-order valence-corrected chi connectivity index (χ3v) is 13.5. The van der Waals surface area contributed by atoms with Gasteiger partial charge in [-0.15, -0.1) is 23.5 Å². The van der Waals surface area contributed by atoms with Gasteiger partial charge in [-0.2, -0.15) is 0 Å². The molecule has 6 nitrogen and oxygen atoms in total. The summed E-state index contributed by atoms with van der Waals surface area (Å²) in [6.45, 7) is 7.42. The second-order valence-corrected chi connectivity index (χ2v) is 14.6. The maximum absolute atomic E-state index is 13.5. The first kappa shape index (κ1) is 22.2. The summed E-state index contributed by atoms with van der Waals surface area (Å²) in [5.41, 5.74) is 0. The van der Waals surface area contributed by atoms with Crippen molar-refractivity contribution >= 4 is 57.1 Å². The van der Waals surface area contributed by atoms with E-state index in [1.807, 2.05) is 13.8 Å². The topological polar surface area (TPSA) is 86.7 Å². The maximum atomic E-state index is 13.5. The van der Waals surface area contributed by atoms with Crippen LogP contribution in [-0.2, 0) is 40.7 Å². The van der Waals surface area contributed by atoms with E-state index in [0.29, 0.717) is 12.8 Å². The van der Waals surface area contributed by atoms with E-state index < -0.39 is 41.7 Å². The van der Waals surface area contributed by atoms with Crippen LogP contribution in [0.3, 0.4) is 0 Å². The van der Waals surface area contributed by atoms with E-state index in [1.165, 1.54) is 14.2 Å². The Hall–Kier alpha value is -0.0600. The second kappa shape index (κ2) is 8.13. The van der Waals surface area contributed by atoms with E-state index in [1.54, 1.807) is 13.8 Å². The van der Waals surface area contributed by atoms with E-state index >= 15 is 0 Å². The van der Waals surface area contributed by atoms with Crippen molar-refractivity contribution in [2.24, 2.45) is 0 Å². The highest BCUT2D eigenvalue weighted by Gasteiger charge is 2.74. The molecule has 0 aliphatic carbocycles. The van der Waals surface area contributed by atoms with Crippen molar-refractivity contribution in [2.45, 2.75) is 69.7 Å². The predicted octanol–water partition coefficient (Wildman–Crippen LogP) is 2.05. The Bertz CT molecular complexity index is 586. The van der Waals surface area contributed by atoms with Crippen LogP contribution in [0.2, 0.25) is 0 Å². The molecule has 0 saturated carbocycles. The van der Waals surface area contributed by atoms with E-state index in [-0.39, 0.29) is 21.0 Å². The zero-order valence-electron chi connectivity index (χ0n) is 15.8. The number of carbonyl (C=O) groups excluding carboxylic acids is 2. The normalized spacial score (nSPS) is 46.4. The quantitative estimate of drug-likeness (QED) is 0.614. The molecule has 150 valence electrons. The Kier molecular flexibility index (Phi) is 6.95. The van der Waals surface area contributed by atoms with Gasteiger partial charge < -0.3 is 9.47 Å². The Morgan fingerprint density at radius 3 is 1.38 bits per heavy atom. The van der Waals surface area contributed by atoms with Gasteiger partial charge in [0.1, 0.15) is 0 Å². The summed E-state index contributed by atoms with van der Waals surface area (Å²) in [4.78, 5) is 26.2. The number of rotatable bonds is 3. The van der Waals surface area contributed by atoms with Gasteiger partial charge in [0, 0.05) is 21.0 Å². The molecular weight excluding hydrogens is 416 g/mol. The molecule has 8 atom stereocenters. The highest BCUT2D eigenvalue weighted by molar-refractivity contribution is 8.22. The van der Waals surface area contributed by atoms with Crippen LogP contribution in [0.15, 0.2) is 0 Å². The summed E-state index contributed by atoms with van der Waals surface area (Å²) in [6.07, 6.45) is 1.27. The van der Waals surface area contributed by atoms with Crippen molar-refractivity contribution in [3.8, 4) is 0 Å². The Balaban J connectivity index is 2.83. The molecule has 2 saturated heterocycles. The van der Waals surface area contributed by atoms with Crippen LogP contribution in [0, 0.1) is 0 Å². The molecule has 2 heterocycles. The molecule has 0 bridgehead atoms. The van der Waals surface area contributed by atoms with Crippen molar-refractivity contribution in [2.75, 3.05) is 14.2 Å². The number of carbonyl (C=O) groups is 2. The third kappa shape index (κ3) is 3.18. The molecule has 0 radical (unpaired) electrons. The number of methoxy groups -OCH3 is 2. The SMILES string of the molecule is COC(=O)[C@@]1([C@@]2(C(=O)OC)S[C@H](C)CC(C)S2=O)S[C@@H](C)CC(C)S1=O. The lowest BCUT2D eigenvalue weighted by Gasteiger charge is -2.51. The molecule has 2 aliphatic rings. The van der Waals surface area contributed by atoms with E-state index in [9.17, 15) is 18.0 Å². The first-order valence-corrected chi connectivity index (χ1v) is 12.6. The molecule has 0 aromatic rings. The van der Waals surface area contributed by atoms with Crippen molar-refractivity contribution in [1.29, 1.82) is 0 Å². The Morgan fingerprint density at radius 2 is 1.12 bits per heavy atom. The monoisotopic (exact) mass is 442 g/mol. The van der Waals surface area contributed by atoms with E-state index in [4.69, 9.17) is 9.47 Å². The fourth-order valence-corrected chi connectivity index (χ4v) is 14.2. The molecule has 0 spiro atoms. The standard InChI is InChI=1S/C16H26O6S4/c1-9-7-11(3)25(19)15(23-9,13(17)21-5)16(14(18)22-6)24-10(2)8-12(4)26(16)20/h9-12H,7-8H2,1-6H3/t9-,10+,11?,12?,15+,16-,25?,26?. The average Bonchev–Trinajstić information content (AvgIpc) is 2.59. The molecule has 0 aromatic carbocycles. The maximum Gasteiger partial charge on any atom is 0.338 e. The highest BCUT2D eigenvalue weighted by Crippen LogP contribution is 2.59. The molecule has 0 amide bonds. The van der Waals surface area contributed by atoms with Gasteiger partial charge in [-0.3, -0.25) is 8.42 Å². The molecule has 2 fully saturated rings. The molecule has 26 heavy (non-hydrogen) atoms. The number of ether oxygens (including phenoxy) is 2. The number of thioether (sulfide) groups is 2. The van der Waals surface area contributed by atoms with Crippen molar-refractivity contribution in [3.05, 3.63) is 0 Å². The van der Waals surface area contributed by atoms with Gasteiger partial charge in [0.25, 0.3) is 0 Å². The van der Waals surface area contributed by atoms with Crippen LogP contribution in [0.4, 0.5) is 0 Å². The molecule has 0 N–H and O–H groups in total. The first-order valence-electron chi connectivity index (χ1n) is 8.42. The smallest absolute Gasteiger partial charge is 0.338 e. The minimum Gasteiger partial charge on any atom is -0.467 e. The largest absolute Gasteiger partial charge is 0.467 e. The lowest BCUT2D eigenvalue weighted by molar-refractivity contribution is -0.148. The summed E-state index contributed by atoms with van der Waals surface area (Å²) in [6, 6.07) is 0. The first-order chi connectivity index (χ1) is 12.1. The number of hydrogen-bond acceptors (Lipinski definition) is 8. The zero-order valence-corrected chi connectivity index (χ0v) is 19.1. The fourth-order valence-electron chi connectivity index (χ4n) is 3.65. The van der Waals surface area contributed by atoms with Crippen molar-refractivity contribution in [3.63, 3.8) is 0 Å². The summed E-state index contributed by atoms with van der Waals surface area (Å²) < 4.78 is 33.6. The Labute approximate surface area is 168 Å². The predicted molar refractivity (Wildman–Crippen MR) is 108 cm³/mol. The molecule has 4 unspecified atom stereocenters. The molecule has 10 heteroatoms. The van der Waals surface area contributed by atoms with Gasteiger partial charge >= 0.3 is 11.9 Å². The number of hydrogen-bond donors (Lipinski definition) is 0. The second-order valence-electron chi connectivity index (χ2n) is 6.76. The zero-order chi connectivity index (χ0) is 19.9. The lowest BCUT2D eigenvalue weighted by atomic mass is 10.2. The molecule has 2 rings (SSSR count). The highest BCUT2D eigenvalue weighted by atomic mass is 32.2. The van der Waals surface area contributed by atoms with Crippen LogP contribution < -0.4 is 0 Å². The summed E-state index contributed by atoms with van der Waals surface area (Å²) in [7, 11) is -1.12. The summed E-state index contributed by atoms with van der Waals surface area (Å²) >= 11 is 2.29. The summed E-state index contributed by atoms with van der Waals surface area (Å²) in [5, 5.41) is -0.768. The molecule has 2 aliphatic heterocycles. The van der Waals surface area contributed by atoms with Crippen LogP contribution in [0.1, 0.15) is 40.5 Å². The minimum absolute atomic E-state index is 0.0477. The Morgan fingerprint density at radius 1 is 0.808 bits per heavy atom. The third-order valence-electron chi connectivity index (χ3n) is 4.70. The van der Waals surface area contributed by atoms with E-state index in [0.717, 1.165) is 23.5 Å². The van der Waals surface area contributed by atoms with Gasteiger partial charge in [-0.1, -0.05) is 27.7 Å². The number of esters is 2. The molecular formula is C16H26O6S4. The summed E-state index contributed by atoms with van der Waals surface area (Å²) in [5.74, 6) is -1.54. The minimum atomic E-state index is -1.77.